The maximum atomic E-state index is 14.6. The molecule has 2 aromatic carbocycles. The number of aromatic carboxylic acids is 1. The highest BCUT2D eigenvalue weighted by Gasteiger charge is 2.68. The fourth-order valence-corrected chi connectivity index (χ4v) is 14.8. The number of ketones is 2. The first kappa shape index (κ1) is 76.1. The molecule has 516 valence electrons. The monoisotopic (exact) mass is 1600 g/mol. The van der Waals surface area contributed by atoms with Crippen molar-refractivity contribution in [2.24, 2.45) is 17.3 Å². The molecule has 36 heteroatoms. The number of nitrogens with one attached hydrogen (secondary N) is 2. The van der Waals surface area contributed by atoms with E-state index in [-0.39, 0.29) is 116 Å². The smallest absolute Gasteiger partial charge is 0.526 e. The molecule has 2 aromatic heterocycles. The topological polar surface area (TPSA) is 346 Å². The summed E-state index contributed by atoms with van der Waals surface area (Å²) < 4.78 is 30.8. The number of halogens is 5. The highest BCUT2D eigenvalue weighted by Crippen LogP contribution is 2.66. The Bertz CT molecular complexity index is 3700. The molecule has 3 saturated heterocycles. The second kappa shape index (κ2) is 31.2. The van der Waals surface area contributed by atoms with Crippen LogP contribution in [-0.4, -0.2) is 180 Å². The number of Topliss-reactive ketones (excluding diaryl/α,β-unsaturated/α-hetero) is 2. The number of carbonyl (C=O) groups is 10. The molecule has 6 fully saturated rings. The zero-order valence-electron chi connectivity index (χ0n) is 54.2. The minimum atomic E-state index is -1.54. The summed E-state index contributed by atoms with van der Waals surface area (Å²) in [5.41, 5.74) is 5.66. The van der Waals surface area contributed by atoms with E-state index in [2.05, 4.69) is 88.6 Å². The van der Waals surface area contributed by atoms with E-state index in [1.54, 1.807) is 65.1 Å². The standard InChI is InChI=1S/C38H50BClN4O9S.C22H23BClN5O8S.BBr3/c1-10-43-13-14-44(33(47)32(43)46)35(49)42-30(25-19-54-20(2)41-25)26(45)18-23(39-52-28-17-22-16-27(37(22,6)7)38(28,8)53-39)15-21-11-12-24(40)29(31(21)50-9)34(48)51-36(3,4)5;1-2-28-5-6-29(19(32)18(28)31)22(35)27-16(13-9-38-21(25)26-13)14(30)8-11-7-10-3-4-12(24)15(20(33)34)17(10)37-23(11)36;2-1(3)4/h11-12,19,22-23,27-28,30H,10,13-18H2,1-9H3,(H,42,49);3-4,9,11,16,36H,2,5-8H2,1H3,(H2,25,26)(H,27,35)(H,33,34);/t22-,23+,27-,28+,30?,38-;11-,16?;/m01./s1. The molecular formula is C60H73B3Br3Cl2N9O17S2. The van der Waals surface area contributed by atoms with Gasteiger partial charge in [-0.15, -0.1) is 69.9 Å². The molecule has 4 aliphatic heterocycles. The molecule has 26 nitrogen and oxygen atoms in total. The number of carboxylic acids is 1. The summed E-state index contributed by atoms with van der Waals surface area (Å²) in [5, 5.41) is 29.3. The molecule has 11 rings (SSSR count). The maximum absolute atomic E-state index is 14.6. The molecule has 3 aliphatic carbocycles. The van der Waals surface area contributed by atoms with Crippen molar-refractivity contribution in [1.29, 1.82) is 0 Å². The number of aryl methyl sites for hydroxylation is 1. The zero-order chi connectivity index (χ0) is 70.8. The van der Waals surface area contributed by atoms with Crippen LogP contribution in [0.25, 0.3) is 0 Å². The number of amides is 8. The van der Waals surface area contributed by atoms with E-state index in [9.17, 15) is 58.1 Å². The van der Waals surface area contributed by atoms with Gasteiger partial charge in [-0.3, -0.25) is 38.6 Å². The largest absolute Gasteiger partial charge is 0.535 e. The van der Waals surface area contributed by atoms with Crippen molar-refractivity contribution in [2.45, 2.75) is 142 Å². The molecule has 8 amide bonds. The predicted molar refractivity (Wildman–Crippen MR) is 371 cm³/mol. The third kappa shape index (κ3) is 16.8. The van der Waals surface area contributed by atoms with Gasteiger partial charge in [0, 0.05) is 74.5 Å². The van der Waals surface area contributed by atoms with Crippen LogP contribution >= 0.6 is 93.1 Å². The Morgan fingerprint density at radius 2 is 1.39 bits per heavy atom. The van der Waals surface area contributed by atoms with Crippen molar-refractivity contribution in [3.8, 4) is 11.5 Å². The number of piperazine rings is 2. The highest BCUT2D eigenvalue weighted by atomic mass is 79.9. The number of esters is 1. The maximum Gasteiger partial charge on any atom is 0.526 e. The molecule has 7 aliphatic rings. The molecule has 0 spiro atoms. The van der Waals surface area contributed by atoms with E-state index in [1.807, 2.05) is 0 Å². The Labute approximate surface area is 598 Å². The molecule has 2 bridgehead atoms. The van der Waals surface area contributed by atoms with Crippen LogP contribution in [0.15, 0.2) is 35.0 Å². The predicted octanol–water partition coefficient (Wildman–Crippen LogP) is 8.93. The van der Waals surface area contributed by atoms with E-state index in [1.165, 1.54) is 39.7 Å². The number of hydrogen-bond acceptors (Lipinski definition) is 21. The van der Waals surface area contributed by atoms with Crippen molar-refractivity contribution in [1.82, 2.24) is 40.2 Å². The fourth-order valence-electron chi connectivity index (χ4n) is 13.1. The van der Waals surface area contributed by atoms with Gasteiger partial charge in [-0.2, -0.15) is 0 Å². The molecule has 8 atom stereocenters. The number of carboxylic acid groups (broad SMARTS) is 1. The Kier molecular flexibility index (Phi) is 24.7. The number of anilines is 1. The number of methoxy groups -OCH3 is 1. The third-order valence-electron chi connectivity index (χ3n) is 18.1. The minimum Gasteiger partial charge on any atom is -0.535 e. The number of imide groups is 2. The number of aromatic nitrogens is 2. The van der Waals surface area contributed by atoms with Crippen LogP contribution in [0.2, 0.25) is 21.7 Å². The summed E-state index contributed by atoms with van der Waals surface area (Å²) in [4.78, 5) is 143. The van der Waals surface area contributed by atoms with Gasteiger partial charge >= 0.3 is 65.1 Å². The lowest BCUT2D eigenvalue weighted by atomic mass is 9.43. The number of thiazole rings is 2. The van der Waals surface area contributed by atoms with E-state index in [0.717, 1.165) is 34.0 Å². The summed E-state index contributed by atoms with van der Waals surface area (Å²) in [5.74, 6) is -7.05. The molecule has 4 aromatic rings. The molecule has 2 unspecified atom stereocenters. The lowest BCUT2D eigenvalue weighted by Crippen LogP contribution is -2.65. The lowest BCUT2D eigenvalue weighted by molar-refractivity contribution is -0.199. The van der Waals surface area contributed by atoms with Crippen LogP contribution in [-0.2, 0) is 55.7 Å². The second-order valence-corrected chi connectivity index (χ2v) is 34.7. The Balaban J connectivity index is 0.000000245. The number of carbonyl (C=O) groups excluding carboxylic acids is 9. The first-order valence-electron chi connectivity index (χ1n) is 30.8. The summed E-state index contributed by atoms with van der Waals surface area (Å²) in [6, 6.07) is 1.90. The van der Waals surface area contributed by atoms with Crippen molar-refractivity contribution in [3.05, 3.63) is 83.7 Å². The average Bonchev–Trinajstić information content (AvgIpc) is 1.38. The molecule has 96 heavy (non-hydrogen) atoms. The van der Waals surface area contributed by atoms with Crippen LogP contribution in [0.3, 0.4) is 0 Å². The van der Waals surface area contributed by atoms with Crippen LogP contribution in [0.1, 0.15) is 141 Å². The number of rotatable bonds is 18. The van der Waals surface area contributed by atoms with Gasteiger partial charge in [0.1, 0.15) is 40.3 Å². The van der Waals surface area contributed by atoms with E-state index in [0.29, 0.717) is 40.8 Å². The van der Waals surface area contributed by atoms with Crippen molar-refractivity contribution < 1.29 is 81.5 Å². The SMILES string of the molecule is BrB(Br)Br.CCN1CCN(C(=O)NC(C(=O)C[C@@H](Cc2ccc(Cl)c(C(=O)OC(C)(C)C)c2OC)B2O[C@@H]3C[C@@H]4C[C@@H](C4(C)C)[C@]3(C)O2)c2csc(C)n2)C(=O)C1=O.CCN1CCN(C(=O)NC(C(=O)C[C@H]2Cc3ccc(Cl)c(C(=O)O)c3OB2O)c2csc(N)n2)C(=O)C1=O. The number of nitrogens with zero attached hydrogens (tertiary/aromatic N) is 6. The Morgan fingerprint density at radius 3 is 1.90 bits per heavy atom. The summed E-state index contributed by atoms with van der Waals surface area (Å²) in [6.45, 7) is 18.1. The van der Waals surface area contributed by atoms with Gasteiger partial charge in [0.25, 0.3) is 0 Å². The quantitative estimate of drug-likeness (QED) is 0.0352. The molecule has 3 saturated carbocycles. The van der Waals surface area contributed by atoms with Crippen LogP contribution in [0.4, 0.5) is 14.7 Å². The summed E-state index contributed by atoms with van der Waals surface area (Å²) in [7, 11) is -0.917. The van der Waals surface area contributed by atoms with Crippen molar-refractivity contribution in [2.75, 3.05) is 52.1 Å². The third-order valence-corrected chi connectivity index (χ3v) is 20.2. The Hall–Kier alpha value is -5.71. The lowest BCUT2D eigenvalue weighted by Gasteiger charge is -2.64. The molecular weight excluding hydrogens is 1530 g/mol. The number of nitrogen functional groups attached to an aromatic ring is 1. The second-order valence-electron chi connectivity index (χ2n) is 25.5. The normalized spacial score (nSPS) is 22.0. The van der Waals surface area contributed by atoms with Crippen molar-refractivity contribution >= 4 is 175 Å². The van der Waals surface area contributed by atoms with Crippen molar-refractivity contribution in [3.63, 3.8) is 0 Å². The van der Waals surface area contributed by atoms with Crippen LogP contribution < -0.4 is 25.8 Å². The van der Waals surface area contributed by atoms with Gasteiger partial charge in [0.05, 0.1) is 45.3 Å². The molecule has 6 N–H and O–H groups in total. The number of benzene rings is 2. The number of ether oxygens (including phenoxy) is 2. The number of hydrogen-bond donors (Lipinski definition) is 5. The fraction of sp³-hybridized carbons (Fsp3) is 0.533. The minimum absolute atomic E-state index is 0.0115. The average molecular weight is 1600 g/mol. The number of likely N-dealkylation sites (N-methyl/N-ethyl adjacent to an activating group) is 2. The zero-order valence-corrected chi connectivity index (χ0v) is 62.1. The number of fused-ring (bicyclic) bond motifs is 1. The number of urea groups is 2. The summed E-state index contributed by atoms with van der Waals surface area (Å²) in [6.07, 6.45) is 1.51. The molecule has 0 radical (unpaired) electrons. The van der Waals surface area contributed by atoms with Crippen LogP contribution in [0, 0.1) is 24.2 Å². The summed E-state index contributed by atoms with van der Waals surface area (Å²) >= 11 is 24.2. The van der Waals surface area contributed by atoms with Gasteiger partial charge in [0.2, 0.25) is 0 Å². The first-order valence-corrected chi connectivity index (χ1v) is 36.0. The van der Waals surface area contributed by atoms with Gasteiger partial charge < -0.3 is 59.7 Å². The van der Waals surface area contributed by atoms with E-state index in [4.69, 9.17) is 52.4 Å². The van der Waals surface area contributed by atoms with Gasteiger partial charge in [0.15, 0.2) is 16.7 Å². The first-order chi connectivity index (χ1) is 45.0. The molecule has 6 heterocycles. The van der Waals surface area contributed by atoms with Gasteiger partial charge in [-0.1, -0.05) is 49.2 Å². The van der Waals surface area contributed by atoms with Gasteiger partial charge in [-0.05, 0) is 115 Å². The van der Waals surface area contributed by atoms with E-state index >= 15 is 0 Å². The van der Waals surface area contributed by atoms with E-state index < -0.39 is 108 Å². The van der Waals surface area contributed by atoms with Crippen LogP contribution in [0.5, 0.6) is 11.5 Å². The van der Waals surface area contributed by atoms with Gasteiger partial charge in [-0.25, -0.2) is 29.1 Å². The Morgan fingerprint density at radius 1 is 0.833 bits per heavy atom. The highest BCUT2D eigenvalue weighted by molar-refractivity contribution is 9.69. The number of nitrogens with two attached hydrogens (primary N) is 1.